The topological polar surface area (TPSA) is 29.3 Å². The summed E-state index contributed by atoms with van der Waals surface area (Å²) in [6.45, 7) is 7.36. The molecular weight excluding hydrogens is 263 g/mol. The van der Waals surface area contributed by atoms with Crippen molar-refractivity contribution in [2.75, 3.05) is 6.54 Å². The lowest BCUT2D eigenvalue weighted by molar-refractivity contribution is 0.0367. The van der Waals surface area contributed by atoms with Crippen molar-refractivity contribution < 1.29 is 4.39 Å². The van der Waals surface area contributed by atoms with Gasteiger partial charge in [-0.3, -0.25) is 4.90 Å². The fourth-order valence-corrected chi connectivity index (χ4v) is 3.11. The van der Waals surface area contributed by atoms with Gasteiger partial charge in [-0.1, -0.05) is 23.7 Å². The van der Waals surface area contributed by atoms with E-state index in [4.69, 9.17) is 17.3 Å². The zero-order valence-electron chi connectivity index (χ0n) is 11.8. The first-order valence-corrected chi connectivity index (χ1v) is 7.16. The zero-order valence-corrected chi connectivity index (χ0v) is 12.5. The van der Waals surface area contributed by atoms with Gasteiger partial charge in [0, 0.05) is 17.1 Å². The Morgan fingerprint density at radius 3 is 2.68 bits per heavy atom. The smallest absolute Gasteiger partial charge is 0.146 e. The monoisotopic (exact) mass is 284 g/mol. The third kappa shape index (κ3) is 2.93. The molecule has 2 nitrogen and oxygen atoms in total. The van der Waals surface area contributed by atoms with E-state index in [-0.39, 0.29) is 28.5 Å². The lowest BCUT2D eigenvalue weighted by atomic mass is 9.86. The van der Waals surface area contributed by atoms with Gasteiger partial charge in [0.05, 0.1) is 11.1 Å². The Bertz CT molecular complexity index is 456. The van der Waals surface area contributed by atoms with Crippen LogP contribution in [0.25, 0.3) is 0 Å². The molecule has 0 spiro atoms. The molecule has 2 atom stereocenters. The molecule has 1 aromatic rings. The summed E-state index contributed by atoms with van der Waals surface area (Å²) in [6.07, 6.45) is 1.97. The predicted octanol–water partition coefficient (Wildman–Crippen LogP) is 3.74. The van der Waals surface area contributed by atoms with Gasteiger partial charge in [0.1, 0.15) is 5.82 Å². The van der Waals surface area contributed by atoms with Crippen molar-refractivity contribution in [1.29, 1.82) is 0 Å². The van der Waals surface area contributed by atoms with Crippen LogP contribution in [0, 0.1) is 5.82 Å². The van der Waals surface area contributed by atoms with Crippen LogP contribution >= 0.6 is 11.6 Å². The molecule has 0 amide bonds. The molecule has 1 aliphatic heterocycles. The first-order chi connectivity index (χ1) is 8.82. The van der Waals surface area contributed by atoms with Gasteiger partial charge in [-0.05, 0) is 46.2 Å². The third-order valence-corrected chi connectivity index (χ3v) is 4.13. The second kappa shape index (κ2) is 5.39. The van der Waals surface area contributed by atoms with E-state index >= 15 is 0 Å². The summed E-state index contributed by atoms with van der Waals surface area (Å²) in [5.41, 5.74) is 6.84. The summed E-state index contributed by atoms with van der Waals surface area (Å²) in [7, 11) is 0. The highest BCUT2D eigenvalue weighted by molar-refractivity contribution is 6.30. The molecule has 0 aliphatic carbocycles. The van der Waals surface area contributed by atoms with E-state index in [0.717, 1.165) is 19.4 Å². The molecule has 2 rings (SSSR count). The number of piperidine rings is 1. The number of hydrogen-bond acceptors (Lipinski definition) is 2. The molecule has 0 radical (unpaired) electrons. The summed E-state index contributed by atoms with van der Waals surface area (Å²) < 4.78 is 14.3. The van der Waals surface area contributed by atoms with Crippen molar-refractivity contribution in [3.63, 3.8) is 0 Å². The number of nitrogens with zero attached hydrogens (tertiary/aromatic N) is 1. The van der Waals surface area contributed by atoms with Crippen LogP contribution in [0.1, 0.15) is 45.2 Å². The molecule has 0 aromatic heterocycles. The average Bonchev–Trinajstić information content (AvgIpc) is 2.32. The minimum absolute atomic E-state index is 0.0442. The zero-order chi connectivity index (χ0) is 14.2. The molecule has 0 saturated carbocycles. The molecule has 4 heteroatoms. The molecule has 1 saturated heterocycles. The van der Waals surface area contributed by atoms with E-state index in [1.165, 1.54) is 0 Å². The summed E-state index contributed by atoms with van der Waals surface area (Å²) >= 11 is 5.91. The van der Waals surface area contributed by atoms with Crippen LogP contribution in [-0.4, -0.2) is 23.0 Å². The molecule has 19 heavy (non-hydrogen) atoms. The van der Waals surface area contributed by atoms with Gasteiger partial charge < -0.3 is 5.73 Å². The number of nitrogens with two attached hydrogens (primary N) is 1. The van der Waals surface area contributed by atoms with Crippen LogP contribution in [-0.2, 0) is 0 Å². The quantitative estimate of drug-likeness (QED) is 0.851. The number of hydrogen-bond donors (Lipinski definition) is 1. The SMILES string of the molecule is CC(C)(C)N1CCCC(N)C1c1cccc(Cl)c1F. The van der Waals surface area contributed by atoms with Crippen LogP contribution in [0.15, 0.2) is 18.2 Å². The van der Waals surface area contributed by atoms with Gasteiger partial charge in [0.2, 0.25) is 0 Å². The molecule has 1 heterocycles. The number of halogens is 2. The Hall–Kier alpha value is -0.640. The van der Waals surface area contributed by atoms with E-state index in [0.29, 0.717) is 5.56 Å². The molecule has 1 fully saturated rings. The first kappa shape index (κ1) is 14.8. The van der Waals surface area contributed by atoms with Gasteiger partial charge in [0.25, 0.3) is 0 Å². The highest BCUT2D eigenvalue weighted by Crippen LogP contribution is 2.37. The Morgan fingerprint density at radius 1 is 1.37 bits per heavy atom. The lowest BCUT2D eigenvalue weighted by Crippen LogP contribution is -2.53. The largest absolute Gasteiger partial charge is 0.326 e. The average molecular weight is 285 g/mol. The molecule has 2 N–H and O–H groups in total. The predicted molar refractivity (Wildman–Crippen MR) is 77.8 cm³/mol. The fourth-order valence-electron chi connectivity index (χ4n) is 2.93. The third-order valence-electron chi connectivity index (χ3n) is 3.84. The van der Waals surface area contributed by atoms with Crippen LogP contribution in [0.5, 0.6) is 0 Å². The summed E-state index contributed by atoms with van der Waals surface area (Å²) in [5, 5.41) is 0.170. The maximum absolute atomic E-state index is 14.3. The summed E-state index contributed by atoms with van der Waals surface area (Å²) in [4.78, 5) is 2.29. The van der Waals surface area contributed by atoms with Crippen LogP contribution in [0.2, 0.25) is 5.02 Å². The maximum Gasteiger partial charge on any atom is 0.146 e. The Labute approximate surface area is 119 Å². The highest BCUT2D eigenvalue weighted by Gasteiger charge is 2.37. The van der Waals surface area contributed by atoms with Crippen LogP contribution < -0.4 is 5.73 Å². The normalized spacial score (nSPS) is 25.6. The van der Waals surface area contributed by atoms with E-state index in [1.54, 1.807) is 18.2 Å². The van der Waals surface area contributed by atoms with Crippen LogP contribution in [0.4, 0.5) is 4.39 Å². The molecule has 1 aliphatic rings. The second-order valence-corrected chi connectivity index (χ2v) is 6.67. The molecule has 106 valence electrons. The van der Waals surface area contributed by atoms with Gasteiger partial charge in [-0.15, -0.1) is 0 Å². The fraction of sp³-hybridized carbons (Fsp3) is 0.600. The van der Waals surface area contributed by atoms with Crippen LogP contribution in [0.3, 0.4) is 0 Å². The highest BCUT2D eigenvalue weighted by atomic mass is 35.5. The number of rotatable bonds is 1. The molecule has 1 aromatic carbocycles. The van der Waals surface area contributed by atoms with Gasteiger partial charge in [0.15, 0.2) is 0 Å². The maximum atomic E-state index is 14.3. The Morgan fingerprint density at radius 2 is 2.05 bits per heavy atom. The van der Waals surface area contributed by atoms with Crippen molar-refractivity contribution in [3.8, 4) is 0 Å². The molecule has 2 unspecified atom stereocenters. The first-order valence-electron chi connectivity index (χ1n) is 6.78. The van der Waals surface area contributed by atoms with Crippen molar-refractivity contribution in [1.82, 2.24) is 4.90 Å². The molecule has 0 bridgehead atoms. The van der Waals surface area contributed by atoms with Gasteiger partial charge >= 0.3 is 0 Å². The second-order valence-electron chi connectivity index (χ2n) is 6.26. The summed E-state index contributed by atoms with van der Waals surface area (Å²) in [5.74, 6) is -0.333. The Balaban J connectivity index is 2.45. The van der Waals surface area contributed by atoms with Crippen molar-refractivity contribution in [2.24, 2.45) is 5.73 Å². The van der Waals surface area contributed by atoms with E-state index < -0.39 is 0 Å². The van der Waals surface area contributed by atoms with Gasteiger partial charge in [-0.25, -0.2) is 4.39 Å². The number of benzene rings is 1. The lowest BCUT2D eigenvalue weighted by Gasteiger charge is -2.47. The minimum Gasteiger partial charge on any atom is -0.326 e. The van der Waals surface area contributed by atoms with E-state index in [1.807, 2.05) is 0 Å². The van der Waals surface area contributed by atoms with Crippen molar-refractivity contribution in [2.45, 2.75) is 51.2 Å². The Kier molecular flexibility index (Phi) is 4.19. The van der Waals surface area contributed by atoms with Crippen molar-refractivity contribution >= 4 is 11.6 Å². The van der Waals surface area contributed by atoms with E-state index in [9.17, 15) is 4.39 Å². The van der Waals surface area contributed by atoms with E-state index in [2.05, 4.69) is 25.7 Å². The van der Waals surface area contributed by atoms with Crippen molar-refractivity contribution in [3.05, 3.63) is 34.6 Å². The standard InChI is InChI=1S/C15H22ClFN2/c1-15(2,3)19-9-5-8-12(18)14(19)10-6-4-7-11(16)13(10)17/h4,6-7,12,14H,5,8-9,18H2,1-3H3. The number of likely N-dealkylation sites (tertiary alicyclic amines) is 1. The van der Waals surface area contributed by atoms with Gasteiger partial charge in [-0.2, -0.15) is 0 Å². The molecular formula is C15H22ClFN2. The summed E-state index contributed by atoms with van der Waals surface area (Å²) in [6, 6.07) is 5.02. The minimum atomic E-state index is -0.333.